The van der Waals surface area contributed by atoms with Crippen LogP contribution in [0.5, 0.6) is 5.75 Å². The Morgan fingerprint density at radius 2 is 1.70 bits per heavy atom. The Morgan fingerprint density at radius 1 is 1.00 bits per heavy atom. The summed E-state index contributed by atoms with van der Waals surface area (Å²) in [4.78, 5) is 30.7. The zero-order valence-corrected chi connectivity index (χ0v) is 15.9. The first-order valence-corrected chi connectivity index (χ1v) is 9.90. The number of aromatic nitrogens is 1. The van der Waals surface area contributed by atoms with Gasteiger partial charge in [0, 0.05) is 24.7 Å². The zero-order chi connectivity index (χ0) is 18.8. The molecule has 6 heteroatoms. The minimum Gasteiger partial charge on any atom is -0.423 e. The lowest BCUT2D eigenvalue weighted by molar-refractivity contribution is 0.0734. The summed E-state index contributed by atoms with van der Waals surface area (Å²) < 4.78 is 6.51. The van der Waals surface area contributed by atoms with E-state index in [0.29, 0.717) is 16.9 Å². The van der Waals surface area contributed by atoms with Gasteiger partial charge in [0.1, 0.15) is 5.75 Å². The van der Waals surface area contributed by atoms with Crippen molar-refractivity contribution in [1.29, 1.82) is 0 Å². The Kier molecular flexibility index (Phi) is 4.90. The molecule has 27 heavy (non-hydrogen) atoms. The van der Waals surface area contributed by atoms with E-state index in [1.54, 1.807) is 41.7 Å². The second-order valence-corrected chi connectivity index (χ2v) is 7.71. The van der Waals surface area contributed by atoms with Gasteiger partial charge in [-0.1, -0.05) is 23.5 Å². The van der Waals surface area contributed by atoms with Crippen LogP contribution in [0.4, 0.5) is 5.13 Å². The number of Topliss-reactive ketones (excluding diaryl/α,β-unsaturated/α-hetero) is 1. The van der Waals surface area contributed by atoms with Crippen LogP contribution >= 0.6 is 11.3 Å². The molecule has 1 fully saturated rings. The van der Waals surface area contributed by atoms with Crippen LogP contribution in [0.15, 0.2) is 42.5 Å². The van der Waals surface area contributed by atoms with Gasteiger partial charge in [-0.2, -0.15) is 0 Å². The summed E-state index contributed by atoms with van der Waals surface area (Å²) in [6.07, 6.45) is 3.71. The molecule has 4 rings (SSSR count). The molecular weight excluding hydrogens is 360 g/mol. The van der Waals surface area contributed by atoms with Crippen LogP contribution in [0.25, 0.3) is 10.2 Å². The first kappa shape index (κ1) is 17.7. The molecule has 0 bridgehead atoms. The highest BCUT2D eigenvalue weighted by atomic mass is 32.1. The van der Waals surface area contributed by atoms with E-state index in [4.69, 9.17) is 9.72 Å². The molecule has 138 valence electrons. The van der Waals surface area contributed by atoms with Crippen molar-refractivity contribution in [2.75, 3.05) is 18.0 Å². The number of esters is 1. The molecule has 0 atom stereocenters. The first-order valence-electron chi connectivity index (χ1n) is 9.09. The highest BCUT2D eigenvalue weighted by Gasteiger charge is 2.16. The molecule has 5 nitrogen and oxygen atoms in total. The molecule has 0 amide bonds. The van der Waals surface area contributed by atoms with Gasteiger partial charge >= 0.3 is 5.97 Å². The van der Waals surface area contributed by atoms with Crippen molar-refractivity contribution in [1.82, 2.24) is 4.98 Å². The lowest BCUT2D eigenvalue weighted by Gasteiger charge is -2.25. The Hall–Kier alpha value is -2.73. The number of ether oxygens (including phenoxy) is 1. The number of fused-ring (bicyclic) bond motifs is 1. The van der Waals surface area contributed by atoms with E-state index in [1.165, 1.54) is 26.2 Å². The van der Waals surface area contributed by atoms with E-state index in [-0.39, 0.29) is 5.78 Å². The molecule has 1 saturated heterocycles. The number of anilines is 1. The third-order valence-electron chi connectivity index (χ3n) is 4.71. The number of rotatable bonds is 4. The highest BCUT2D eigenvalue weighted by Crippen LogP contribution is 2.32. The zero-order valence-electron chi connectivity index (χ0n) is 15.1. The number of hydrogen-bond acceptors (Lipinski definition) is 6. The van der Waals surface area contributed by atoms with E-state index in [2.05, 4.69) is 4.90 Å². The average Bonchev–Trinajstić information content (AvgIpc) is 3.12. The van der Waals surface area contributed by atoms with E-state index in [0.717, 1.165) is 28.4 Å². The summed E-state index contributed by atoms with van der Waals surface area (Å²) in [5, 5.41) is 1.04. The van der Waals surface area contributed by atoms with Crippen molar-refractivity contribution >= 4 is 38.4 Å². The van der Waals surface area contributed by atoms with Crippen LogP contribution in [0.2, 0.25) is 0 Å². The maximum absolute atomic E-state index is 12.4. The average molecular weight is 380 g/mol. The number of carbonyl (C=O) groups is 2. The number of ketones is 1. The Balaban J connectivity index is 1.51. The van der Waals surface area contributed by atoms with E-state index >= 15 is 0 Å². The summed E-state index contributed by atoms with van der Waals surface area (Å²) in [6, 6.07) is 12.0. The van der Waals surface area contributed by atoms with Gasteiger partial charge < -0.3 is 9.64 Å². The van der Waals surface area contributed by atoms with E-state index in [9.17, 15) is 9.59 Å². The number of carbonyl (C=O) groups excluding carboxylic acids is 2. The van der Waals surface area contributed by atoms with Crippen LogP contribution in [0.1, 0.15) is 46.9 Å². The second kappa shape index (κ2) is 7.48. The summed E-state index contributed by atoms with van der Waals surface area (Å²) in [6.45, 7) is 3.60. The standard InChI is InChI=1S/C21H20N2O3S/c1-14(24)15-5-7-16(8-6-15)20(25)26-17-9-10-18-19(13-17)27-21(22-18)23-11-3-2-4-12-23/h5-10,13H,2-4,11-12H2,1H3. The van der Waals surface area contributed by atoms with Crippen molar-refractivity contribution in [3.63, 3.8) is 0 Å². The van der Waals surface area contributed by atoms with Crippen LogP contribution in [0, 0.1) is 0 Å². The van der Waals surface area contributed by atoms with Crippen molar-refractivity contribution in [3.05, 3.63) is 53.6 Å². The molecule has 0 spiro atoms. The van der Waals surface area contributed by atoms with Gasteiger partial charge in [-0.15, -0.1) is 0 Å². The van der Waals surface area contributed by atoms with Gasteiger partial charge in [0.25, 0.3) is 0 Å². The van der Waals surface area contributed by atoms with Crippen LogP contribution in [0.3, 0.4) is 0 Å². The predicted octanol–water partition coefficient (Wildman–Crippen LogP) is 4.71. The third-order valence-corrected chi connectivity index (χ3v) is 5.79. The molecular formula is C21H20N2O3S. The van der Waals surface area contributed by atoms with Crippen molar-refractivity contribution in [2.45, 2.75) is 26.2 Å². The molecule has 1 aromatic heterocycles. The fourth-order valence-corrected chi connectivity index (χ4v) is 4.23. The molecule has 1 aliphatic rings. The molecule has 2 heterocycles. The number of nitrogens with zero attached hydrogens (tertiary/aromatic N) is 2. The Labute approximate surface area is 161 Å². The number of benzene rings is 2. The van der Waals surface area contributed by atoms with E-state index in [1.807, 2.05) is 12.1 Å². The number of thiazole rings is 1. The fourth-order valence-electron chi connectivity index (χ4n) is 3.18. The maximum Gasteiger partial charge on any atom is 0.343 e. The highest BCUT2D eigenvalue weighted by molar-refractivity contribution is 7.22. The van der Waals surface area contributed by atoms with Gasteiger partial charge in [-0.05, 0) is 50.5 Å². The van der Waals surface area contributed by atoms with Crippen molar-refractivity contribution in [3.8, 4) is 5.75 Å². The third kappa shape index (κ3) is 3.85. The van der Waals surface area contributed by atoms with E-state index < -0.39 is 5.97 Å². The van der Waals surface area contributed by atoms with Crippen LogP contribution in [-0.2, 0) is 0 Å². The van der Waals surface area contributed by atoms with Crippen molar-refractivity contribution in [2.24, 2.45) is 0 Å². The Morgan fingerprint density at radius 3 is 2.41 bits per heavy atom. The minimum atomic E-state index is -0.440. The SMILES string of the molecule is CC(=O)c1ccc(C(=O)Oc2ccc3nc(N4CCCCC4)sc3c2)cc1. The van der Waals surface area contributed by atoms with Crippen LogP contribution in [-0.4, -0.2) is 29.8 Å². The lowest BCUT2D eigenvalue weighted by Crippen LogP contribution is -2.29. The molecule has 0 aliphatic carbocycles. The smallest absolute Gasteiger partial charge is 0.343 e. The molecule has 3 aromatic rings. The first-order chi connectivity index (χ1) is 13.1. The van der Waals surface area contributed by atoms with Crippen molar-refractivity contribution < 1.29 is 14.3 Å². The number of hydrogen-bond donors (Lipinski definition) is 0. The summed E-state index contributed by atoms with van der Waals surface area (Å²) in [7, 11) is 0. The molecule has 0 unspecified atom stereocenters. The summed E-state index contributed by atoms with van der Waals surface area (Å²) >= 11 is 1.63. The molecule has 0 saturated carbocycles. The fraction of sp³-hybridized carbons (Fsp3) is 0.286. The van der Waals surface area contributed by atoms with Gasteiger partial charge in [0.15, 0.2) is 10.9 Å². The quantitative estimate of drug-likeness (QED) is 0.373. The molecule has 2 aromatic carbocycles. The molecule has 0 radical (unpaired) electrons. The lowest BCUT2D eigenvalue weighted by atomic mass is 10.1. The Bertz CT molecular complexity index is 988. The van der Waals surface area contributed by atoms with Gasteiger partial charge in [-0.3, -0.25) is 4.79 Å². The summed E-state index contributed by atoms with van der Waals surface area (Å²) in [5.41, 5.74) is 1.91. The molecule has 1 aliphatic heterocycles. The van der Waals surface area contributed by atoms with Crippen LogP contribution < -0.4 is 9.64 Å². The minimum absolute atomic E-state index is 0.0323. The van der Waals surface area contributed by atoms with Gasteiger partial charge in [-0.25, -0.2) is 9.78 Å². The molecule has 0 N–H and O–H groups in total. The van der Waals surface area contributed by atoms with Gasteiger partial charge in [0.2, 0.25) is 0 Å². The number of piperidine rings is 1. The largest absolute Gasteiger partial charge is 0.423 e. The maximum atomic E-state index is 12.4. The normalized spacial score (nSPS) is 14.3. The monoisotopic (exact) mass is 380 g/mol. The second-order valence-electron chi connectivity index (χ2n) is 6.70. The predicted molar refractivity (Wildman–Crippen MR) is 107 cm³/mol. The van der Waals surface area contributed by atoms with Gasteiger partial charge in [0.05, 0.1) is 15.8 Å². The topological polar surface area (TPSA) is 59.5 Å². The summed E-state index contributed by atoms with van der Waals surface area (Å²) in [5.74, 6) is 0.0253.